The van der Waals surface area contributed by atoms with E-state index in [1.54, 1.807) is 12.1 Å². The Morgan fingerprint density at radius 3 is 1.98 bits per heavy atom. The molecule has 3 aliphatic heterocycles. The molecule has 0 bridgehead atoms. The third kappa shape index (κ3) is 12.5. The first-order valence-electron chi connectivity index (χ1n) is 19.7. The van der Waals surface area contributed by atoms with Gasteiger partial charge in [-0.25, -0.2) is 9.78 Å². The molecule has 360 valence electrons. The largest absolute Gasteiger partial charge is 0.477 e. The van der Waals surface area contributed by atoms with Gasteiger partial charge in [0.2, 0.25) is 11.8 Å². The third-order valence-corrected chi connectivity index (χ3v) is 10.6. The summed E-state index contributed by atoms with van der Waals surface area (Å²) in [5.41, 5.74) is 0. The highest BCUT2D eigenvalue weighted by Gasteiger charge is 2.61. The Morgan fingerprint density at radius 2 is 1.43 bits per heavy atom. The smallest absolute Gasteiger partial charge is 0.364 e. The molecular weight excluding hydrogens is 856 g/mol. The molecule has 2 amide bonds. The molecule has 0 aromatic carbocycles. The van der Waals surface area contributed by atoms with E-state index in [9.17, 15) is 85.9 Å². The van der Waals surface area contributed by atoms with Crippen LogP contribution in [0.3, 0.4) is 0 Å². The first kappa shape index (κ1) is 52.2. The van der Waals surface area contributed by atoms with Gasteiger partial charge in [0.15, 0.2) is 12.6 Å². The van der Waals surface area contributed by atoms with Crippen molar-refractivity contribution < 1.29 is 114 Å². The maximum atomic E-state index is 13.3. The minimum atomic E-state index is -3.25. The van der Waals surface area contributed by atoms with Gasteiger partial charge in [-0.05, 0) is 12.1 Å². The molecule has 27 nitrogen and oxygen atoms in total. The number of hydrogen-bond acceptors (Lipinski definition) is 24. The molecule has 4 rings (SSSR count). The van der Waals surface area contributed by atoms with E-state index in [1.165, 1.54) is 12.3 Å². The Kier molecular flexibility index (Phi) is 19.2. The minimum Gasteiger partial charge on any atom is -0.477 e. The molecule has 1 aromatic heterocycles. The fraction of sp³-hybridized carbons (Fsp3) is 0.778. The van der Waals surface area contributed by atoms with Crippen molar-refractivity contribution in [2.75, 3.05) is 38.3 Å². The van der Waals surface area contributed by atoms with Crippen molar-refractivity contribution in [3.63, 3.8) is 0 Å². The van der Waals surface area contributed by atoms with Crippen LogP contribution in [0.1, 0.15) is 20.3 Å². The summed E-state index contributed by atoms with van der Waals surface area (Å²) < 4.78 is 34.9. The lowest BCUT2D eigenvalue weighted by atomic mass is 9.88. The van der Waals surface area contributed by atoms with E-state index < -0.39 is 179 Å². The van der Waals surface area contributed by atoms with Gasteiger partial charge < -0.3 is 116 Å². The Labute approximate surface area is 358 Å². The Bertz CT molecular complexity index is 1610. The molecule has 27 heteroatoms. The number of hydrogen-bond donors (Lipinski definition) is 17. The Hall–Kier alpha value is -3.40. The van der Waals surface area contributed by atoms with Crippen molar-refractivity contribution in [2.24, 2.45) is 0 Å². The number of nitrogens with zero attached hydrogens (tertiary/aromatic N) is 1. The molecule has 0 aliphatic carbocycles. The third-order valence-electron chi connectivity index (χ3n) is 10.6. The monoisotopic (exact) mass is 914 g/mol. The van der Waals surface area contributed by atoms with Crippen LogP contribution in [-0.2, 0) is 42.8 Å². The fourth-order valence-electron chi connectivity index (χ4n) is 7.34. The van der Waals surface area contributed by atoms with Crippen molar-refractivity contribution in [2.45, 2.75) is 142 Å². The quantitative estimate of drug-likeness (QED) is 0.0544. The molecule has 0 unspecified atom stereocenters. The summed E-state index contributed by atoms with van der Waals surface area (Å²) in [5.74, 6) is -6.73. The lowest BCUT2D eigenvalue weighted by Gasteiger charge is -2.52. The lowest BCUT2D eigenvalue weighted by molar-refractivity contribution is -0.394. The zero-order valence-electron chi connectivity index (χ0n) is 33.9. The van der Waals surface area contributed by atoms with Crippen molar-refractivity contribution in [3.05, 3.63) is 24.4 Å². The van der Waals surface area contributed by atoms with Crippen molar-refractivity contribution in [1.29, 1.82) is 0 Å². The zero-order chi connectivity index (χ0) is 46.9. The van der Waals surface area contributed by atoms with Crippen molar-refractivity contribution in [3.8, 4) is 0 Å². The van der Waals surface area contributed by atoms with Crippen LogP contribution in [0, 0.1) is 0 Å². The molecule has 17 N–H and O–H groups in total. The number of aliphatic hydroxyl groups excluding tert-OH is 13. The molecule has 3 fully saturated rings. The Morgan fingerprint density at radius 1 is 0.810 bits per heavy atom. The number of ether oxygens (including phenoxy) is 6. The van der Waals surface area contributed by atoms with E-state index in [2.05, 4.69) is 20.9 Å². The van der Waals surface area contributed by atoms with Gasteiger partial charge in [0.25, 0.3) is 5.79 Å². The highest BCUT2D eigenvalue weighted by Crippen LogP contribution is 2.39. The maximum absolute atomic E-state index is 13.3. The van der Waals surface area contributed by atoms with E-state index in [0.29, 0.717) is 0 Å². The van der Waals surface area contributed by atoms with E-state index in [1.807, 2.05) is 0 Å². The summed E-state index contributed by atoms with van der Waals surface area (Å²) in [7, 11) is 0. The number of carboxylic acid groups (broad SMARTS) is 1. The molecule has 63 heavy (non-hydrogen) atoms. The van der Waals surface area contributed by atoms with Gasteiger partial charge in [0.05, 0.1) is 44.7 Å². The molecule has 3 saturated heterocycles. The number of amides is 2. The van der Waals surface area contributed by atoms with Crippen LogP contribution in [0.5, 0.6) is 0 Å². The maximum Gasteiger partial charge on any atom is 0.364 e. The molecule has 1 aromatic rings. The number of aromatic nitrogens is 1. The lowest BCUT2D eigenvalue weighted by Crippen LogP contribution is -2.72. The number of carbonyl (C=O) groups excluding carboxylic acids is 2. The van der Waals surface area contributed by atoms with Crippen LogP contribution in [0.2, 0.25) is 0 Å². The Balaban J connectivity index is 1.80. The first-order chi connectivity index (χ1) is 29.7. The highest BCUT2D eigenvalue weighted by molar-refractivity contribution is 5.76. The fourth-order valence-corrected chi connectivity index (χ4v) is 7.34. The van der Waals surface area contributed by atoms with Crippen molar-refractivity contribution in [1.82, 2.24) is 15.6 Å². The van der Waals surface area contributed by atoms with Crippen LogP contribution in [0.15, 0.2) is 24.4 Å². The highest BCUT2D eigenvalue weighted by atomic mass is 16.8. The van der Waals surface area contributed by atoms with Gasteiger partial charge in [-0.3, -0.25) is 9.59 Å². The van der Waals surface area contributed by atoms with E-state index in [-0.39, 0.29) is 5.82 Å². The predicted octanol–water partition coefficient (Wildman–Crippen LogP) is -9.10. The second kappa shape index (κ2) is 23.2. The number of anilines is 1. The average Bonchev–Trinajstić information content (AvgIpc) is 3.25. The molecule has 3 aliphatic rings. The van der Waals surface area contributed by atoms with E-state index in [4.69, 9.17) is 28.4 Å². The number of carboxylic acids is 1. The van der Waals surface area contributed by atoms with Gasteiger partial charge in [-0.2, -0.15) is 0 Å². The number of carbonyl (C=O) groups is 3. The topological polar surface area (TPSA) is 439 Å². The van der Waals surface area contributed by atoms with Gasteiger partial charge in [0.1, 0.15) is 91.2 Å². The minimum absolute atomic E-state index is 0.258. The van der Waals surface area contributed by atoms with Gasteiger partial charge in [-0.15, -0.1) is 0 Å². The van der Waals surface area contributed by atoms with E-state index >= 15 is 0 Å². The SMILES string of the molecule is CC(=O)N[C@H]1[C@H](O[C@@H]2[C@H](O[C@]3(C(=O)O)C[C@H](O)[C@@H](NC(C)=O)[C@H]([C@H](O)[C@H](O)CO)O3)[C@@H](O)[C@H](O[C@@H]([C@H](O)[C@@H](O)CNc3ccccn3)[C@H](O)CO)O[C@@H]2CO)O[C@H](CO)[C@H](O)[C@@H]1O. The summed E-state index contributed by atoms with van der Waals surface area (Å²) in [6.45, 7) is -2.79. The molecule has 20 atom stereocenters. The number of nitrogens with one attached hydrogen (secondary N) is 3. The summed E-state index contributed by atoms with van der Waals surface area (Å²) in [5, 5.41) is 157. The van der Waals surface area contributed by atoms with Gasteiger partial charge in [0, 0.05) is 33.0 Å². The van der Waals surface area contributed by atoms with E-state index in [0.717, 1.165) is 13.8 Å². The van der Waals surface area contributed by atoms with Crippen LogP contribution in [0.4, 0.5) is 5.82 Å². The molecule has 0 saturated carbocycles. The second-order valence-corrected chi connectivity index (χ2v) is 15.2. The average molecular weight is 915 g/mol. The summed E-state index contributed by atoms with van der Waals surface area (Å²) in [6.07, 6.45) is -34.6. The van der Waals surface area contributed by atoms with Crippen LogP contribution >= 0.6 is 0 Å². The predicted molar refractivity (Wildman–Crippen MR) is 202 cm³/mol. The summed E-state index contributed by atoms with van der Waals surface area (Å²) in [4.78, 5) is 41.6. The van der Waals surface area contributed by atoms with Gasteiger partial charge >= 0.3 is 5.97 Å². The molecule has 0 radical (unpaired) electrons. The molecule has 0 spiro atoms. The van der Waals surface area contributed by atoms with Gasteiger partial charge in [-0.1, -0.05) is 6.07 Å². The summed E-state index contributed by atoms with van der Waals surface area (Å²) in [6, 6.07) is 1.36. The molecule has 4 heterocycles. The number of aliphatic hydroxyl groups is 13. The van der Waals surface area contributed by atoms with Crippen molar-refractivity contribution >= 4 is 23.6 Å². The van der Waals surface area contributed by atoms with Crippen LogP contribution in [-0.4, -0.2) is 249 Å². The number of rotatable bonds is 21. The normalized spacial score (nSPS) is 36.5. The standard InChI is InChI=1S/C36H58N4O23/c1-13(45)39-22-15(47)7-36(35(56)57,62-31(22)25(52)17(49)9-41)63-32-28(55)34(60-29(18(50)10-42)24(51)16(48)8-38-21-5-3-4-6-37-21)59-20(12-44)30(32)61-33-23(40-14(2)46)27(54)26(53)19(11-43)58-33/h3-6,15-20,22-34,41-44,47-55H,7-12H2,1-2H3,(H,37,38)(H,39,45)(H,40,46)(H,56,57)/t15-,16-,17+,18+,19+,20+,22+,23+,24+,25+,26-,27+,28+,29+,30-,31+,32+,33-,34-,36-/m0/s1. The number of pyridine rings is 1. The number of aliphatic carboxylic acids is 1. The first-order valence-corrected chi connectivity index (χ1v) is 19.7. The summed E-state index contributed by atoms with van der Waals surface area (Å²) >= 11 is 0. The molecular formula is C36H58N4O23. The zero-order valence-corrected chi connectivity index (χ0v) is 33.9. The van der Waals surface area contributed by atoms with Crippen LogP contribution < -0.4 is 16.0 Å². The second-order valence-electron chi connectivity index (χ2n) is 15.2. The van der Waals surface area contributed by atoms with Crippen LogP contribution in [0.25, 0.3) is 0 Å².